The van der Waals surface area contributed by atoms with E-state index in [2.05, 4.69) is 0 Å². The summed E-state index contributed by atoms with van der Waals surface area (Å²) in [5.74, 6) is -0.184. The molecule has 0 fully saturated rings. The number of rotatable bonds is 4. The normalized spacial score (nSPS) is 11.9. The molecule has 0 unspecified atom stereocenters. The fourth-order valence-corrected chi connectivity index (χ4v) is 0.680. The van der Waals surface area contributed by atoms with E-state index in [4.69, 9.17) is 20.3 Å². The zero-order valence-corrected chi connectivity index (χ0v) is 7.81. The Kier molecular flexibility index (Phi) is 5.08. The molecule has 0 aromatic rings. The predicted octanol–water partition coefficient (Wildman–Crippen LogP) is 1.65. The summed E-state index contributed by atoms with van der Waals surface area (Å²) < 4.78 is 9.87. The van der Waals surface area contributed by atoms with Crippen LogP contribution in [0.2, 0.25) is 0 Å². The highest BCUT2D eigenvalue weighted by atomic mass is 16.5. The number of ether oxygens (including phenoxy) is 2. The predicted molar refractivity (Wildman–Crippen MR) is 47.9 cm³/mol. The van der Waals surface area contributed by atoms with Gasteiger partial charge in [0.25, 0.3) is 0 Å². The second kappa shape index (κ2) is 5.57. The standard InChI is InChI=1S/C8H16N2O2/c1-4-11-7(9)6(3)8(10)12-5-2/h6,9-10H,4-5H2,1-3H3. The number of nitrogens with one attached hydrogen (secondary N) is 2. The molecule has 0 saturated heterocycles. The zero-order valence-electron chi connectivity index (χ0n) is 7.81. The van der Waals surface area contributed by atoms with E-state index in [0.717, 1.165) is 0 Å². The van der Waals surface area contributed by atoms with Crippen LogP contribution in [0.15, 0.2) is 0 Å². The average Bonchev–Trinajstić information content (AvgIpc) is 2.04. The molecule has 4 nitrogen and oxygen atoms in total. The van der Waals surface area contributed by atoms with E-state index in [-0.39, 0.29) is 17.7 Å². The molecular formula is C8H16N2O2. The number of hydrogen-bond donors (Lipinski definition) is 2. The molecule has 0 aliphatic rings. The molecule has 0 heterocycles. The SMILES string of the molecule is CCOC(=N)C(C)C(=N)OCC. The van der Waals surface area contributed by atoms with E-state index in [0.29, 0.717) is 13.2 Å². The van der Waals surface area contributed by atoms with Gasteiger partial charge in [0.2, 0.25) is 0 Å². The summed E-state index contributed by atoms with van der Waals surface area (Å²) in [4.78, 5) is 0. The van der Waals surface area contributed by atoms with Crippen LogP contribution in [0.4, 0.5) is 0 Å². The lowest BCUT2D eigenvalue weighted by Crippen LogP contribution is -2.24. The molecule has 12 heavy (non-hydrogen) atoms. The van der Waals surface area contributed by atoms with Gasteiger partial charge in [0, 0.05) is 0 Å². The van der Waals surface area contributed by atoms with Gasteiger partial charge < -0.3 is 9.47 Å². The van der Waals surface area contributed by atoms with Gasteiger partial charge in [-0.3, -0.25) is 10.8 Å². The Hall–Kier alpha value is -1.06. The molecule has 0 amide bonds. The first-order valence-electron chi connectivity index (χ1n) is 4.05. The molecule has 0 atom stereocenters. The Balaban J connectivity index is 3.91. The second-order valence-corrected chi connectivity index (χ2v) is 2.32. The molecule has 70 valence electrons. The summed E-state index contributed by atoms with van der Waals surface area (Å²) in [6.45, 7) is 6.26. The van der Waals surface area contributed by atoms with Gasteiger partial charge in [0.1, 0.15) is 5.92 Å². The molecule has 0 bridgehead atoms. The van der Waals surface area contributed by atoms with Gasteiger partial charge in [0.05, 0.1) is 13.2 Å². The number of hydrogen-bond acceptors (Lipinski definition) is 4. The first-order valence-corrected chi connectivity index (χ1v) is 4.05. The highest BCUT2D eigenvalue weighted by molar-refractivity contribution is 5.97. The van der Waals surface area contributed by atoms with Crippen LogP contribution >= 0.6 is 0 Å². The third-order valence-electron chi connectivity index (χ3n) is 1.39. The molecule has 2 N–H and O–H groups in total. The highest BCUT2D eigenvalue weighted by Gasteiger charge is 2.16. The topological polar surface area (TPSA) is 66.2 Å². The Morgan fingerprint density at radius 2 is 1.42 bits per heavy atom. The molecule has 0 aliphatic heterocycles. The molecule has 0 rings (SSSR count). The van der Waals surface area contributed by atoms with Gasteiger partial charge in [-0.05, 0) is 20.8 Å². The van der Waals surface area contributed by atoms with E-state index < -0.39 is 0 Å². The van der Waals surface area contributed by atoms with Crippen LogP contribution < -0.4 is 0 Å². The Morgan fingerprint density at radius 3 is 1.67 bits per heavy atom. The molecule has 4 heteroatoms. The van der Waals surface area contributed by atoms with E-state index in [9.17, 15) is 0 Å². The van der Waals surface area contributed by atoms with Crippen LogP contribution in [-0.2, 0) is 9.47 Å². The Labute approximate surface area is 72.9 Å². The maximum absolute atomic E-state index is 7.36. The lowest BCUT2D eigenvalue weighted by atomic mass is 10.2. The van der Waals surface area contributed by atoms with Crippen LogP contribution in [0.1, 0.15) is 20.8 Å². The lowest BCUT2D eigenvalue weighted by molar-refractivity contribution is 0.281. The fourth-order valence-electron chi connectivity index (χ4n) is 0.680. The maximum atomic E-state index is 7.36. The van der Waals surface area contributed by atoms with Gasteiger partial charge in [-0.1, -0.05) is 0 Å². The smallest absolute Gasteiger partial charge is 0.192 e. The van der Waals surface area contributed by atoms with Crippen molar-refractivity contribution in [1.29, 1.82) is 10.8 Å². The molecule has 0 spiro atoms. The Morgan fingerprint density at radius 1 is 1.08 bits per heavy atom. The van der Waals surface area contributed by atoms with Crippen molar-refractivity contribution in [1.82, 2.24) is 0 Å². The van der Waals surface area contributed by atoms with Gasteiger partial charge in [-0.2, -0.15) is 0 Å². The minimum Gasteiger partial charge on any atom is -0.481 e. The second-order valence-electron chi connectivity index (χ2n) is 2.32. The average molecular weight is 172 g/mol. The van der Waals surface area contributed by atoms with Crippen molar-refractivity contribution < 1.29 is 9.47 Å². The van der Waals surface area contributed by atoms with Crippen molar-refractivity contribution in [3.05, 3.63) is 0 Å². The Bertz CT molecular complexity index is 150. The lowest BCUT2D eigenvalue weighted by Gasteiger charge is -2.13. The van der Waals surface area contributed by atoms with Crippen LogP contribution in [0.3, 0.4) is 0 Å². The summed E-state index contributed by atoms with van der Waals surface area (Å²) >= 11 is 0. The summed E-state index contributed by atoms with van der Waals surface area (Å²) in [5.41, 5.74) is 0. The van der Waals surface area contributed by atoms with Gasteiger partial charge in [-0.25, -0.2) is 0 Å². The molecule has 0 aromatic carbocycles. The summed E-state index contributed by atoms with van der Waals surface area (Å²) in [7, 11) is 0. The molecule has 0 aliphatic carbocycles. The molecule has 0 radical (unpaired) electrons. The highest BCUT2D eigenvalue weighted by Crippen LogP contribution is 2.02. The first-order chi connectivity index (χ1) is 5.63. The van der Waals surface area contributed by atoms with Crippen molar-refractivity contribution in [2.75, 3.05) is 13.2 Å². The van der Waals surface area contributed by atoms with Crippen molar-refractivity contribution in [2.24, 2.45) is 5.92 Å². The van der Waals surface area contributed by atoms with E-state index >= 15 is 0 Å². The summed E-state index contributed by atoms with van der Waals surface area (Å²) in [5, 5.41) is 14.7. The van der Waals surface area contributed by atoms with Crippen molar-refractivity contribution in [2.45, 2.75) is 20.8 Å². The summed E-state index contributed by atoms with van der Waals surface area (Å²) in [6.07, 6.45) is 0. The minimum absolute atomic E-state index is 0.0935. The first kappa shape index (κ1) is 10.9. The summed E-state index contributed by atoms with van der Waals surface area (Å²) in [6, 6.07) is 0. The van der Waals surface area contributed by atoms with E-state index in [1.807, 2.05) is 13.8 Å². The molecular weight excluding hydrogens is 156 g/mol. The van der Waals surface area contributed by atoms with Crippen molar-refractivity contribution >= 4 is 11.8 Å². The maximum Gasteiger partial charge on any atom is 0.192 e. The van der Waals surface area contributed by atoms with Gasteiger partial charge in [0.15, 0.2) is 11.8 Å². The molecule has 0 saturated carbocycles. The zero-order chi connectivity index (χ0) is 9.56. The monoisotopic (exact) mass is 172 g/mol. The van der Waals surface area contributed by atoms with Gasteiger partial charge in [-0.15, -0.1) is 0 Å². The van der Waals surface area contributed by atoms with Crippen LogP contribution in [-0.4, -0.2) is 25.0 Å². The van der Waals surface area contributed by atoms with E-state index in [1.54, 1.807) is 6.92 Å². The largest absolute Gasteiger partial charge is 0.481 e. The third kappa shape index (κ3) is 3.37. The fraction of sp³-hybridized carbons (Fsp3) is 0.750. The minimum atomic E-state index is -0.370. The molecule has 0 aromatic heterocycles. The van der Waals surface area contributed by atoms with Crippen LogP contribution in [0, 0.1) is 16.7 Å². The van der Waals surface area contributed by atoms with Gasteiger partial charge >= 0.3 is 0 Å². The van der Waals surface area contributed by atoms with Crippen LogP contribution in [0.5, 0.6) is 0 Å². The van der Waals surface area contributed by atoms with Crippen molar-refractivity contribution in [3.63, 3.8) is 0 Å². The van der Waals surface area contributed by atoms with E-state index in [1.165, 1.54) is 0 Å². The van der Waals surface area contributed by atoms with Crippen LogP contribution in [0.25, 0.3) is 0 Å². The quantitative estimate of drug-likeness (QED) is 0.500. The van der Waals surface area contributed by atoms with Crippen molar-refractivity contribution in [3.8, 4) is 0 Å². The third-order valence-corrected chi connectivity index (χ3v) is 1.39.